The van der Waals surface area contributed by atoms with Gasteiger partial charge in [-0.1, -0.05) is 0 Å². The zero-order chi connectivity index (χ0) is 12.0. The molecule has 0 bridgehead atoms. The molecule has 92 valence electrons. The molecule has 17 heavy (non-hydrogen) atoms. The normalized spacial score (nSPS) is 19.2. The number of methoxy groups -OCH3 is 1. The van der Waals surface area contributed by atoms with Gasteiger partial charge in [0, 0.05) is 17.2 Å². The Morgan fingerprint density at radius 2 is 2.24 bits per heavy atom. The first kappa shape index (κ1) is 11.2. The molecule has 1 aliphatic carbocycles. The molecule has 2 aliphatic rings. The molecule has 0 atom stereocenters. The second-order valence-electron chi connectivity index (χ2n) is 4.64. The van der Waals surface area contributed by atoms with Crippen LogP contribution in [0.4, 0.5) is 0 Å². The summed E-state index contributed by atoms with van der Waals surface area (Å²) in [5, 5.41) is 0. The number of rotatable bonds is 3. The molecule has 1 saturated carbocycles. The van der Waals surface area contributed by atoms with Gasteiger partial charge in [-0.25, -0.2) is 0 Å². The molecule has 0 amide bonds. The summed E-state index contributed by atoms with van der Waals surface area (Å²) >= 11 is 3.49. The number of nitrogens with two attached hydrogens (primary N) is 1. The molecule has 1 aromatic carbocycles. The first-order valence-electron chi connectivity index (χ1n) is 5.57. The average Bonchev–Trinajstić information content (AvgIpc) is 2.84. The minimum atomic E-state index is -0.0895. The highest BCUT2D eigenvalue weighted by molar-refractivity contribution is 9.10. The summed E-state index contributed by atoms with van der Waals surface area (Å²) < 4.78 is 17.2. The van der Waals surface area contributed by atoms with E-state index in [0.29, 0.717) is 0 Å². The SMILES string of the molecule is COc1c(Br)cc2c(c1CC1(N)CC1)OCO2. The highest BCUT2D eigenvalue weighted by atomic mass is 79.9. The third kappa shape index (κ3) is 1.87. The van der Waals surface area contributed by atoms with Gasteiger partial charge in [-0.15, -0.1) is 0 Å². The van der Waals surface area contributed by atoms with Crippen LogP contribution in [-0.4, -0.2) is 19.4 Å². The van der Waals surface area contributed by atoms with Crippen molar-refractivity contribution in [2.24, 2.45) is 5.73 Å². The van der Waals surface area contributed by atoms with Gasteiger partial charge in [-0.3, -0.25) is 0 Å². The predicted octanol–water partition coefficient (Wildman–Crippen LogP) is 2.22. The van der Waals surface area contributed by atoms with Crippen LogP contribution in [0.15, 0.2) is 10.5 Å². The molecule has 0 aromatic heterocycles. The van der Waals surface area contributed by atoms with E-state index in [4.69, 9.17) is 19.9 Å². The lowest BCUT2D eigenvalue weighted by Gasteiger charge is -2.16. The van der Waals surface area contributed by atoms with Crippen molar-refractivity contribution in [2.45, 2.75) is 24.8 Å². The van der Waals surface area contributed by atoms with Gasteiger partial charge in [-0.2, -0.15) is 0 Å². The van der Waals surface area contributed by atoms with Crippen LogP contribution < -0.4 is 19.9 Å². The zero-order valence-electron chi connectivity index (χ0n) is 9.59. The van der Waals surface area contributed by atoms with E-state index in [1.54, 1.807) is 7.11 Å². The van der Waals surface area contributed by atoms with Crippen LogP contribution in [0.5, 0.6) is 17.2 Å². The third-order valence-electron chi connectivity index (χ3n) is 3.29. The van der Waals surface area contributed by atoms with Gasteiger partial charge in [-0.05, 0) is 35.2 Å². The molecule has 1 heterocycles. The van der Waals surface area contributed by atoms with E-state index in [2.05, 4.69) is 15.9 Å². The van der Waals surface area contributed by atoms with Crippen molar-refractivity contribution < 1.29 is 14.2 Å². The van der Waals surface area contributed by atoms with Crippen molar-refractivity contribution in [1.82, 2.24) is 0 Å². The summed E-state index contributed by atoms with van der Waals surface area (Å²) in [5.41, 5.74) is 7.10. The lowest BCUT2D eigenvalue weighted by Crippen LogP contribution is -2.25. The Labute approximate surface area is 108 Å². The van der Waals surface area contributed by atoms with Crippen LogP contribution in [0.3, 0.4) is 0 Å². The zero-order valence-corrected chi connectivity index (χ0v) is 11.2. The number of hydrogen-bond donors (Lipinski definition) is 1. The van der Waals surface area contributed by atoms with Gasteiger partial charge in [0.05, 0.1) is 11.6 Å². The van der Waals surface area contributed by atoms with Gasteiger partial charge >= 0.3 is 0 Å². The minimum Gasteiger partial charge on any atom is -0.495 e. The van der Waals surface area contributed by atoms with E-state index in [9.17, 15) is 0 Å². The Kier molecular flexibility index (Phi) is 2.48. The van der Waals surface area contributed by atoms with E-state index in [-0.39, 0.29) is 12.3 Å². The Bertz CT molecular complexity index is 468. The van der Waals surface area contributed by atoms with Crippen LogP contribution in [0, 0.1) is 0 Å². The van der Waals surface area contributed by atoms with Crippen molar-refractivity contribution in [3.8, 4) is 17.2 Å². The number of benzene rings is 1. The molecule has 0 radical (unpaired) electrons. The van der Waals surface area contributed by atoms with Crippen molar-refractivity contribution in [3.63, 3.8) is 0 Å². The number of hydrogen-bond acceptors (Lipinski definition) is 4. The van der Waals surface area contributed by atoms with Crippen molar-refractivity contribution in [3.05, 3.63) is 16.1 Å². The number of ether oxygens (including phenoxy) is 3. The number of fused-ring (bicyclic) bond motifs is 1. The topological polar surface area (TPSA) is 53.7 Å². The van der Waals surface area contributed by atoms with Gasteiger partial charge in [0.1, 0.15) is 5.75 Å². The maximum Gasteiger partial charge on any atom is 0.231 e. The largest absolute Gasteiger partial charge is 0.495 e. The van der Waals surface area contributed by atoms with Crippen LogP contribution in [0.2, 0.25) is 0 Å². The molecule has 1 aromatic rings. The molecule has 2 N–H and O–H groups in total. The summed E-state index contributed by atoms with van der Waals surface area (Å²) in [5.74, 6) is 2.34. The summed E-state index contributed by atoms with van der Waals surface area (Å²) in [7, 11) is 1.65. The fourth-order valence-corrected chi connectivity index (χ4v) is 2.74. The Morgan fingerprint density at radius 1 is 1.47 bits per heavy atom. The lowest BCUT2D eigenvalue weighted by molar-refractivity contribution is 0.173. The van der Waals surface area contributed by atoms with Crippen molar-refractivity contribution in [2.75, 3.05) is 13.9 Å². The van der Waals surface area contributed by atoms with Crippen LogP contribution >= 0.6 is 15.9 Å². The fourth-order valence-electron chi connectivity index (χ4n) is 2.13. The van der Waals surface area contributed by atoms with Crippen LogP contribution in [0.1, 0.15) is 18.4 Å². The highest BCUT2D eigenvalue weighted by Gasteiger charge is 2.41. The molecule has 4 nitrogen and oxygen atoms in total. The van der Waals surface area contributed by atoms with Gasteiger partial charge < -0.3 is 19.9 Å². The average molecular weight is 300 g/mol. The Morgan fingerprint density at radius 3 is 2.88 bits per heavy atom. The molecule has 0 saturated heterocycles. The minimum absolute atomic E-state index is 0.0895. The quantitative estimate of drug-likeness (QED) is 0.930. The summed E-state index contributed by atoms with van der Waals surface area (Å²) in [6.45, 7) is 0.263. The summed E-state index contributed by atoms with van der Waals surface area (Å²) in [6.07, 6.45) is 2.87. The molecule has 0 spiro atoms. The third-order valence-corrected chi connectivity index (χ3v) is 3.88. The maximum absolute atomic E-state index is 6.18. The van der Waals surface area contributed by atoms with Gasteiger partial charge in [0.15, 0.2) is 11.5 Å². The standard InChI is InChI=1S/C12H14BrNO3/c1-15-10-7(5-12(14)2-3-12)11-9(4-8(10)13)16-6-17-11/h4H,2-3,5-6,14H2,1H3. The number of halogens is 1. The van der Waals surface area contributed by atoms with E-state index in [1.165, 1.54) is 0 Å². The Hall–Kier alpha value is -0.940. The summed E-state index contributed by atoms with van der Waals surface area (Å²) in [6, 6.07) is 1.88. The first-order valence-corrected chi connectivity index (χ1v) is 6.36. The van der Waals surface area contributed by atoms with Crippen molar-refractivity contribution >= 4 is 15.9 Å². The van der Waals surface area contributed by atoms with E-state index < -0.39 is 0 Å². The molecular formula is C12H14BrNO3. The molecular weight excluding hydrogens is 286 g/mol. The van der Waals surface area contributed by atoms with E-state index in [1.807, 2.05) is 6.07 Å². The van der Waals surface area contributed by atoms with Crippen LogP contribution in [0.25, 0.3) is 0 Å². The Balaban J connectivity index is 2.09. The van der Waals surface area contributed by atoms with Crippen LogP contribution in [-0.2, 0) is 6.42 Å². The smallest absolute Gasteiger partial charge is 0.231 e. The second kappa shape index (κ2) is 3.78. The fraction of sp³-hybridized carbons (Fsp3) is 0.500. The molecule has 1 aliphatic heterocycles. The summed E-state index contributed by atoms with van der Waals surface area (Å²) in [4.78, 5) is 0. The molecule has 3 rings (SSSR count). The van der Waals surface area contributed by atoms with E-state index in [0.717, 1.165) is 46.5 Å². The lowest BCUT2D eigenvalue weighted by atomic mass is 10.0. The second-order valence-corrected chi connectivity index (χ2v) is 5.50. The molecule has 5 heteroatoms. The predicted molar refractivity (Wildman–Crippen MR) is 66.7 cm³/mol. The van der Waals surface area contributed by atoms with Gasteiger partial charge in [0.25, 0.3) is 0 Å². The van der Waals surface area contributed by atoms with E-state index >= 15 is 0 Å². The van der Waals surface area contributed by atoms with Gasteiger partial charge in [0.2, 0.25) is 6.79 Å². The highest BCUT2D eigenvalue weighted by Crippen LogP contribution is 2.49. The first-order chi connectivity index (χ1) is 8.13. The maximum atomic E-state index is 6.18. The van der Waals surface area contributed by atoms with Crippen molar-refractivity contribution in [1.29, 1.82) is 0 Å². The molecule has 0 unspecified atom stereocenters. The monoisotopic (exact) mass is 299 g/mol. The molecule has 1 fully saturated rings.